The Bertz CT molecular complexity index is 511. The first-order valence-electron chi connectivity index (χ1n) is 5.30. The number of hydrogen-bond acceptors (Lipinski definition) is 5. The summed E-state index contributed by atoms with van der Waals surface area (Å²) in [5.41, 5.74) is 0. The van der Waals surface area contributed by atoms with Crippen LogP contribution in [0.3, 0.4) is 0 Å². The molecule has 2 heterocycles. The van der Waals surface area contributed by atoms with Gasteiger partial charge in [-0.1, -0.05) is 0 Å². The van der Waals surface area contributed by atoms with Crippen LogP contribution in [0.1, 0.15) is 13.8 Å². The summed E-state index contributed by atoms with van der Waals surface area (Å²) in [4.78, 5) is 24.8. The summed E-state index contributed by atoms with van der Waals surface area (Å²) in [5.74, 6) is 0.0729. The van der Waals surface area contributed by atoms with Crippen LogP contribution in [0, 0.1) is 0 Å². The third-order valence-electron chi connectivity index (χ3n) is 2.23. The average molecular weight is 376 g/mol. The first kappa shape index (κ1) is 13.6. The van der Waals surface area contributed by atoms with Gasteiger partial charge in [0.2, 0.25) is 0 Å². The summed E-state index contributed by atoms with van der Waals surface area (Å²) in [6.45, 7) is 0. The van der Waals surface area contributed by atoms with Crippen LogP contribution in [-0.2, 0) is 0 Å². The van der Waals surface area contributed by atoms with Crippen molar-refractivity contribution in [2.24, 2.45) is 0 Å². The van der Waals surface area contributed by atoms with Crippen LogP contribution in [-0.4, -0.2) is 72.9 Å². The van der Waals surface area contributed by atoms with E-state index in [0.717, 1.165) is 13.7 Å². The molecule has 0 spiro atoms. The summed E-state index contributed by atoms with van der Waals surface area (Å²) < 4.78 is 3.61. The minimum absolute atomic E-state index is 0.0139. The third kappa shape index (κ3) is 2.75. The fourth-order valence-electron chi connectivity index (χ4n) is 1.26. The van der Waals surface area contributed by atoms with Crippen molar-refractivity contribution in [1.82, 2.24) is 9.97 Å². The second-order valence-corrected chi connectivity index (χ2v) is 8.36. The number of carbonyl (C=O) groups is 1. The maximum absolute atomic E-state index is 12.3. The van der Waals surface area contributed by atoms with Gasteiger partial charge in [0.25, 0.3) is 0 Å². The normalized spacial score (nSPS) is 10.4. The summed E-state index contributed by atoms with van der Waals surface area (Å²) >= 11 is 0.0401. The SMILES string of the molecule is CN(C)c1cnc(C(=O)c2cnc(N(C)C)[se]2)[se]1. The zero-order valence-electron chi connectivity index (χ0n) is 10.7. The van der Waals surface area contributed by atoms with E-state index in [9.17, 15) is 4.79 Å². The molecule has 7 heteroatoms. The second kappa shape index (κ2) is 5.41. The van der Waals surface area contributed by atoms with Gasteiger partial charge >= 0.3 is 118 Å². The number of anilines is 2. The van der Waals surface area contributed by atoms with Crippen LogP contribution in [0.5, 0.6) is 0 Å². The van der Waals surface area contributed by atoms with Gasteiger partial charge in [-0.2, -0.15) is 0 Å². The van der Waals surface area contributed by atoms with Crippen molar-refractivity contribution in [3.05, 3.63) is 21.4 Å². The Morgan fingerprint density at radius 1 is 1.06 bits per heavy atom. The van der Waals surface area contributed by atoms with Crippen LogP contribution >= 0.6 is 0 Å². The molecule has 5 nitrogen and oxygen atoms in total. The minimum atomic E-state index is 0.0139. The van der Waals surface area contributed by atoms with E-state index in [2.05, 4.69) is 9.97 Å². The fraction of sp³-hybridized carbons (Fsp3) is 0.364. The number of carbonyl (C=O) groups excluding carboxylic acids is 1. The summed E-state index contributed by atoms with van der Waals surface area (Å²) in [6.07, 6.45) is 3.49. The summed E-state index contributed by atoms with van der Waals surface area (Å²) in [7, 11) is 7.85. The Kier molecular flexibility index (Phi) is 4.07. The molecule has 0 aliphatic rings. The molecule has 96 valence electrons. The van der Waals surface area contributed by atoms with E-state index < -0.39 is 0 Å². The van der Waals surface area contributed by atoms with Crippen molar-refractivity contribution in [3.63, 3.8) is 0 Å². The van der Waals surface area contributed by atoms with Crippen molar-refractivity contribution in [3.8, 4) is 0 Å². The van der Waals surface area contributed by atoms with Crippen LogP contribution < -0.4 is 9.80 Å². The van der Waals surface area contributed by atoms with Crippen molar-refractivity contribution in [2.75, 3.05) is 38.0 Å². The Hall–Kier alpha value is -0.871. The van der Waals surface area contributed by atoms with E-state index in [1.807, 2.05) is 38.0 Å². The van der Waals surface area contributed by atoms with Gasteiger partial charge in [-0.05, 0) is 0 Å². The van der Waals surface area contributed by atoms with Gasteiger partial charge in [-0.3, -0.25) is 0 Å². The molecule has 2 aromatic heterocycles. The third-order valence-corrected chi connectivity index (χ3v) is 7.11. The van der Waals surface area contributed by atoms with E-state index in [0.29, 0.717) is 4.57 Å². The van der Waals surface area contributed by atoms with Crippen LogP contribution in [0.2, 0.25) is 0 Å². The van der Waals surface area contributed by atoms with Crippen molar-refractivity contribution in [1.29, 1.82) is 0 Å². The molecular formula is C11H14N4OSe2. The number of ketones is 1. The van der Waals surface area contributed by atoms with Crippen molar-refractivity contribution in [2.45, 2.75) is 0 Å². The maximum atomic E-state index is 12.3. The zero-order valence-corrected chi connectivity index (χ0v) is 14.1. The average Bonchev–Trinajstić information content (AvgIpc) is 2.97. The molecule has 0 aliphatic carbocycles. The molecule has 2 aromatic rings. The van der Waals surface area contributed by atoms with Gasteiger partial charge in [0.05, 0.1) is 0 Å². The van der Waals surface area contributed by atoms with Crippen molar-refractivity contribution < 1.29 is 4.79 Å². The van der Waals surface area contributed by atoms with Gasteiger partial charge in [0.15, 0.2) is 0 Å². The predicted octanol–water partition coefficient (Wildman–Crippen LogP) is -0.0464. The van der Waals surface area contributed by atoms with E-state index in [4.69, 9.17) is 0 Å². The monoisotopic (exact) mass is 378 g/mol. The molecular weight excluding hydrogens is 362 g/mol. The second-order valence-electron chi connectivity index (χ2n) is 4.13. The zero-order chi connectivity index (χ0) is 13.3. The molecule has 0 saturated heterocycles. The Labute approximate surface area is 118 Å². The fourth-order valence-corrected chi connectivity index (χ4v) is 4.89. The number of nitrogens with zero attached hydrogens (tertiary/aromatic N) is 4. The summed E-state index contributed by atoms with van der Waals surface area (Å²) in [5, 5.41) is 0. The predicted molar refractivity (Wildman–Crippen MR) is 74.4 cm³/mol. The molecule has 0 radical (unpaired) electrons. The Morgan fingerprint density at radius 2 is 1.78 bits per heavy atom. The van der Waals surface area contributed by atoms with E-state index in [1.165, 1.54) is 0 Å². The van der Waals surface area contributed by atoms with Gasteiger partial charge in [0, 0.05) is 0 Å². The standard InChI is InChI=1S/C11H14N4OSe2/c1-14(2)8-6-12-10(18-8)9(16)7-5-13-11(17-7)15(3)4/h5-6H,1-4H3. The van der Waals surface area contributed by atoms with E-state index in [-0.39, 0.29) is 34.8 Å². The topological polar surface area (TPSA) is 49.3 Å². The molecule has 0 unspecified atom stereocenters. The first-order chi connectivity index (χ1) is 8.49. The molecule has 0 aromatic carbocycles. The van der Waals surface area contributed by atoms with Crippen molar-refractivity contribution >= 4 is 44.0 Å². The number of aromatic nitrogens is 2. The first-order valence-corrected chi connectivity index (χ1v) is 8.72. The van der Waals surface area contributed by atoms with Gasteiger partial charge < -0.3 is 0 Å². The number of hydrogen-bond donors (Lipinski definition) is 0. The quantitative estimate of drug-likeness (QED) is 0.554. The number of rotatable bonds is 4. The van der Waals surface area contributed by atoms with Gasteiger partial charge in [-0.15, -0.1) is 0 Å². The van der Waals surface area contributed by atoms with E-state index in [1.54, 1.807) is 12.4 Å². The molecule has 0 amide bonds. The molecule has 0 aliphatic heterocycles. The van der Waals surface area contributed by atoms with E-state index >= 15 is 0 Å². The van der Waals surface area contributed by atoms with Crippen LogP contribution in [0.15, 0.2) is 12.4 Å². The molecule has 0 atom stereocenters. The van der Waals surface area contributed by atoms with Gasteiger partial charge in [-0.25, -0.2) is 0 Å². The molecule has 2 rings (SSSR count). The van der Waals surface area contributed by atoms with Gasteiger partial charge in [0.1, 0.15) is 0 Å². The molecule has 0 bridgehead atoms. The molecule has 18 heavy (non-hydrogen) atoms. The van der Waals surface area contributed by atoms with Crippen LogP contribution in [0.25, 0.3) is 0 Å². The summed E-state index contributed by atoms with van der Waals surface area (Å²) in [6, 6.07) is 0. The molecule has 0 N–H and O–H groups in total. The Morgan fingerprint density at radius 3 is 2.28 bits per heavy atom. The van der Waals surface area contributed by atoms with Crippen LogP contribution in [0.4, 0.5) is 9.25 Å². The molecule has 0 saturated carbocycles. The Balaban J connectivity index is 2.24. The molecule has 0 fully saturated rings.